The quantitative estimate of drug-likeness (QED) is 0.306. The van der Waals surface area contributed by atoms with Crippen molar-refractivity contribution in [2.45, 2.75) is 45.5 Å². The first-order valence-electron chi connectivity index (χ1n) is 9.93. The fourth-order valence-corrected chi connectivity index (χ4v) is 4.78. The third-order valence-corrected chi connectivity index (χ3v) is 7.05. The molecule has 2 aromatic carbocycles. The van der Waals surface area contributed by atoms with Crippen molar-refractivity contribution in [3.8, 4) is 5.75 Å². The fourth-order valence-electron chi connectivity index (χ4n) is 3.14. The van der Waals surface area contributed by atoms with E-state index in [2.05, 4.69) is 31.4 Å². The van der Waals surface area contributed by atoms with Gasteiger partial charge >= 0.3 is 0 Å². The van der Waals surface area contributed by atoms with Crippen LogP contribution in [-0.4, -0.2) is 26.4 Å². The number of hydrogen-bond acceptors (Lipinski definition) is 5. The van der Waals surface area contributed by atoms with Gasteiger partial charge in [0.25, 0.3) is 0 Å². The number of thioether (sulfide) groups is 1. The van der Waals surface area contributed by atoms with Crippen molar-refractivity contribution >= 4 is 62.5 Å². The van der Waals surface area contributed by atoms with Gasteiger partial charge < -0.3 is 14.6 Å². The topological polar surface area (TPSA) is 69.0 Å². The highest BCUT2D eigenvalue weighted by atomic mass is 79.9. The first-order chi connectivity index (χ1) is 15.2. The molecule has 3 aromatic rings. The number of hydrogen-bond donors (Lipinski definition) is 1. The summed E-state index contributed by atoms with van der Waals surface area (Å²) in [6.45, 7) is 8.47. The van der Waals surface area contributed by atoms with Gasteiger partial charge in [0.1, 0.15) is 5.75 Å². The van der Waals surface area contributed by atoms with Crippen LogP contribution in [0.5, 0.6) is 5.75 Å². The van der Waals surface area contributed by atoms with Gasteiger partial charge in [-0.3, -0.25) is 4.79 Å². The molecule has 0 bridgehead atoms. The molecule has 1 amide bonds. The fraction of sp³-hybridized carbons (Fsp3) is 0.318. The van der Waals surface area contributed by atoms with Crippen LogP contribution in [0.1, 0.15) is 36.9 Å². The monoisotopic (exact) mass is 556 g/mol. The van der Waals surface area contributed by atoms with Crippen molar-refractivity contribution in [3.63, 3.8) is 0 Å². The number of amides is 1. The lowest BCUT2D eigenvalue weighted by molar-refractivity contribution is -0.113. The highest BCUT2D eigenvalue weighted by Crippen LogP contribution is 2.30. The summed E-state index contributed by atoms with van der Waals surface area (Å²) in [5, 5.41) is 13.3. The predicted octanol–water partition coefficient (Wildman–Crippen LogP) is 6.85. The van der Waals surface area contributed by atoms with Crippen LogP contribution in [0.25, 0.3) is 0 Å². The second kappa shape index (κ2) is 10.9. The molecule has 1 heterocycles. The molecule has 0 aliphatic carbocycles. The Bertz CT molecular complexity index is 1120. The number of aryl methyl sites for hydroxylation is 2. The van der Waals surface area contributed by atoms with Gasteiger partial charge in [-0.15, -0.1) is 10.2 Å². The largest absolute Gasteiger partial charge is 0.483 e. The minimum Gasteiger partial charge on any atom is -0.483 e. The maximum atomic E-state index is 12.4. The third-order valence-electron chi connectivity index (χ3n) is 4.69. The number of ether oxygens (including phenoxy) is 1. The molecule has 1 N–H and O–H groups in total. The van der Waals surface area contributed by atoms with E-state index in [9.17, 15) is 4.79 Å². The van der Waals surface area contributed by atoms with Gasteiger partial charge in [0.05, 0.1) is 16.5 Å². The van der Waals surface area contributed by atoms with E-state index in [4.69, 9.17) is 27.9 Å². The molecule has 0 aliphatic rings. The molecule has 1 unspecified atom stereocenters. The second-order valence-electron chi connectivity index (χ2n) is 7.18. The number of anilines is 1. The van der Waals surface area contributed by atoms with Gasteiger partial charge in [0.15, 0.2) is 17.1 Å². The normalized spacial score (nSPS) is 12.0. The van der Waals surface area contributed by atoms with Gasteiger partial charge in [-0.1, -0.05) is 50.9 Å². The smallest absolute Gasteiger partial charge is 0.234 e. The van der Waals surface area contributed by atoms with Crippen molar-refractivity contribution in [2.75, 3.05) is 11.1 Å². The number of rotatable bonds is 8. The number of nitrogens with one attached hydrogen (secondary N) is 1. The Hall–Kier alpha value is -1.74. The molecule has 0 saturated carbocycles. The Morgan fingerprint density at radius 3 is 2.53 bits per heavy atom. The van der Waals surface area contributed by atoms with E-state index in [0.717, 1.165) is 26.4 Å². The highest BCUT2D eigenvalue weighted by molar-refractivity contribution is 9.10. The first kappa shape index (κ1) is 24.9. The summed E-state index contributed by atoms with van der Waals surface area (Å²) in [4.78, 5) is 12.4. The van der Waals surface area contributed by atoms with Gasteiger partial charge in [-0.25, -0.2) is 0 Å². The van der Waals surface area contributed by atoms with Crippen molar-refractivity contribution in [2.24, 2.45) is 0 Å². The molecule has 3 rings (SSSR count). The summed E-state index contributed by atoms with van der Waals surface area (Å²) in [6, 6.07) is 9.12. The number of aromatic nitrogens is 3. The van der Waals surface area contributed by atoms with Crippen molar-refractivity contribution in [3.05, 3.63) is 61.8 Å². The van der Waals surface area contributed by atoms with Crippen molar-refractivity contribution < 1.29 is 9.53 Å². The highest BCUT2D eigenvalue weighted by Gasteiger charge is 2.20. The van der Waals surface area contributed by atoms with Crippen molar-refractivity contribution in [1.82, 2.24) is 14.8 Å². The number of halogens is 3. The van der Waals surface area contributed by atoms with Crippen LogP contribution >= 0.6 is 50.9 Å². The molecule has 0 saturated heterocycles. The van der Waals surface area contributed by atoms with Gasteiger partial charge in [0.2, 0.25) is 5.91 Å². The van der Waals surface area contributed by atoms with Gasteiger partial charge in [0, 0.05) is 16.0 Å². The Morgan fingerprint density at radius 1 is 1.22 bits per heavy atom. The molecule has 170 valence electrons. The zero-order chi connectivity index (χ0) is 23.4. The summed E-state index contributed by atoms with van der Waals surface area (Å²) in [7, 11) is 0. The van der Waals surface area contributed by atoms with E-state index in [1.54, 1.807) is 12.1 Å². The third kappa shape index (κ3) is 5.98. The number of benzene rings is 2. The van der Waals surface area contributed by atoms with E-state index in [0.29, 0.717) is 28.2 Å². The Morgan fingerprint density at radius 2 is 1.91 bits per heavy atom. The van der Waals surface area contributed by atoms with E-state index < -0.39 is 0 Å². The van der Waals surface area contributed by atoms with E-state index in [1.165, 1.54) is 11.8 Å². The van der Waals surface area contributed by atoms with E-state index in [1.807, 2.05) is 50.5 Å². The summed E-state index contributed by atoms with van der Waals surface area (Å²) in [6.07, 6.45) is -0.327. The van der Waals surface area contributed by atoms with E-state index in [-0.39, 0.29) is 17.8 Å². The minimum absolute atomic E-state index is 0.176. The van der Waals surface area contributed by atoms with Crippen LogP contribution < -0.4 is 10.1 Å². The molecule has 0 spiro atoms. The average Bonchev–Trinajstić information content (AvgIpc) is 3.15. The average molecular weight is 558 g/mol. The summed E-state index contributed by atoms with van der Waals surface area (Å²) >= 11 is 17.1. The molecule has 32 heavy (non-hydrogen) atoms. The first-order valence-corrected chi connectivity index (χ1v) is 12.5. The van der Waals surface area contributed by atoms with Crippen LogP contribution in [0.15, 0.2) is 40.0 Å². The zero-order valence-electron chi connectivity index (χ0n) is 18.1. The Balaban J connectivity index is 1.67. The maximum absolute atomic E-state index is 12.4. The summed E-state index contributed by atoms with van der Waals surface area (Å²) in [5.74, 6) is 1.41. The van der Waals surface area contributed by atoms with Gasteiger partial charge in [-0.2, -0.15) is 0 Å². The van der Waals surface area contributed by atoms with Crippen LogP contribution in [0.4, 0.5) is 5.69 Å². The molecule has 10 heteroatoms. The van der Waals surface area contributed by atoms with Crippen LogP contribution in [-0.2, 0) is 11.3 Å². The Kier molecular flexibility index (Phi) is 8.49. The molecular formula is C22H23BrCl2N4O2S. The summed E-state index contributed by atoms with van der Waals surface area (Å²) in [5.41, 5.74) is 2.48. The SMILES string of the molecule is CCn1c(SCC(=O)Nc2ccc(Br)cc2Cl)nnc1C(C)Oc1cc(C)c(Cl)c(C)c1. The maximum Gasteiger partial charge on any atom is 0.234 e. The zero-order valence-corrected chi connectivity index (χ0v) is 22.0. The Labute approximate surface area is 210 Å². The van der Waals surface area contributed by atoms with Gasteiger partial charge in [-0.05, 0) is 69.2 Å². The predicted molar refractivity (Wildman–Crippen MR) is 134 cm³/mol. The van der Waals surface area contributed by atoms with Crippen molar-refractivity contribution in [1.29, 1.82) is 0 Å². The minimum atomic E-state index is -0.327. The molecule has 1 atom stereocenters. The standard InChI is InChI=1S/C22H23BrCl2N4O2S/c1-5-29-21(14(4)31-16-8-12(2)20(25)13(3)9-16)27-28-22(29)32-11-19(30)26-18-7-6-15(23)10-17(18)24/h6-10,14H,5,11H2,1-4H3,(H,26,30). The molecule has 6 nitrogen and oxygen atoms in total. The second-order valence-corrected chi connectivity index (χ2v) is 9.82. The van der Waals surface area contributed by atoms with E-state index >= 15 is 0 Å². The number of carbonyl (C=O) groups is 1. The lowest BCUT2D eigenvalue weighted by Gasteiger charge is -2.17. The van der Waals surface area contributed by atoms with Crippen LogP contribution in [0.2, 0.25) is 10.0 Å². The summed E-state index contributed by atoms with van der Waals surface area (Å²) < 4.78 is 8.91. The van der Waals surface area contributed by atoms with Crippen LogP contribution in [0.3, 0.4) is 0 Å². The molecule has 0 aliphatic heterocycles. The molecule has 0 radical (unpaired) electrons. The number of nitrogens with zero attached hydrogens (tertiary/aromatic N) is 3. The molecule has 1 aromatic heterocycles. The lowest BCUT2D eigenvalue weighted by atomic mass is 10.1. The lowest BCUT2D eigenvalue weighted by Crippen LogP contribution is -2.15. The molecule has 0 fully saturated rings. The molecular weight excluding hydrogens is 535 g/mol. The van der Waals surface area contributed by atoms with Crippen LogP contribution in [0, 0.1) is 13.8 Å². The number of carbonyl (C=O) groups excluding carboxylic acids is 1.